The summed E-state index contributed by atoms with van der Waals surface area (Å²) in [7, 11) is 2.95. The van der Waals surface area contributed by atoms with E-state index in [-0.39, 0.29) is 6.54 Å². The summed E-state index contributed by atoms with van der Waals surface area (Å²) in [5.74, 6) is -3.08. The van der Waals surface area contributed by atoms with Gasteiger partial charge in [-0.1, -0.05) is 0 Å². The third kappa shape index (κ3) is 4.67. The summed E-state index contributed by atoms with van der Waals surface area (Å²) in [6, 6.07) is 3.35. The first-order valence-electron chi connectivity index (χ1n) is 6.01. The number of hydrogen-bond donors (Lipinski definition) is 1. The first kappa shape index (κ1) is 17.9. The van der Waals surface area contributed by atoms with Crippen LogP contribution in [0.4, 0.5) is 17.6 Å². The fraction of sp³-hybridized carbons (Fsp3) is 0.538. The molecule has 0 heterocycles. The van der Waals surface area contributed by atoms with Crippen molar-refractivity contribution < 1.29 is 27.0 Å². The van der Waals surface area contributed by atoms with Crippen LogP contribution >= 0.6 is 11.8 Å². The van der Waals surface area contributed by atoms with Crippen molar-refractivity contribution in [2.45, 2.75) is 23.8 Å². The minimum atomic E-state index is -4.05. The van der Waals surface area contributed by atoms with E-state index in [4.69, 9.17) is 9.47 Å². The van der Waals surface area contributed by atoms with Gasteiger partial charge in [0.05, 0.1) is 20.8 Å². The van der Waals surface area contributed by atoms with Crippen LogP contribution in [0.25, 0.3) is 0 Å². The number of alkyl halides is 4. The van der Waals surface area contributed by atoms with E-state index in [1.807, 2.05) is 6.26 Å². The van der Waals surface area contributed by atoms with Crippen LogP contribution in [0.1, 0.15) is 5.56 Å². The van der Waals surface area contributed by atoms with E-state index >= 15 is 0 Å². The molecule has 1 aromatic carbocycles. The molecule has 0 aromatic heterocycles. The maximum Gasteiger partial charge on any atom is 0.319 e. The van der Waals surface area contributed by atoms with E-state index in [1.165, 1.54) is 26.0 Å². The van der Waals surface area contributed by atoms with Gasteiger partial charge in [-0.05, 0) is 24.0 Å². The SMILES string of the molecule is COc1cc(CNCC(F)(F)C(F)F)c(SC)cc1OC. The van der Waals surface area contributed by atoms with Gasteiger partial charge in [0.25, 0.3) is 0 Å². The highest BCUT2D eigenvalue weighted by atomic mass is 32.2. The van der Waals surface area contributed by atoms with E-state index in [0.717, 1.165) is 4.90 Å². The third-order valence-corrected chi connectivity index (χ3v) is 3.60. The van der Waals surface area contributed by atoms with E-state index in [9.17, 15) is 17.6 Å². The van der Waals surface area contributed by atoms with Gasteiger partial charge in [-0.15, -0.1) is 11.8 Å². The molecule has 8 heteroatoms. The van der Waals surface area contributed by atoms with Crippen LogP contribution in [0.3, 0.4) is 0 Å². The van der Waals surface area contributed by atoms with Crippen LogP contribution in [-0.4, -0.2) is 39.4 Å². The summed E-state index contributed by atoms with van der Waals surface area (Å²) in [5.41, 5.74) is 0.671. The lowest BCUT2D eigenvalue weighted by atomic mass is 10.2. The van der Waals surface area contributed by atoms with E-state index in [1.54, 1.807) is 12.1 Å². The molecule has 0 saturated carbocycles. The number of methoxy groups -OCH3 is 2. The summed E-state index contributed by atoms with van der Waals surface area (Å²) in [5, 5.41) is 2.35. The van der Waals surface area contributed by atoms with Crippen molar-refractivity contribution in [2.24, 2.45) is 0 Å². The summed E-state index contributed by atoms with van der Waals surface area (Å²) in [6.45, 7) is -1.06. The summed E-state index contributed by atoms with van der Waals surface area (Å²) in [6.07, 6.45) is -1.87. The van der Waals surface area contributed by atoms with E-state index in [0.29, 0.717) is 17.1 Å². The van der Waals surface area contributed by atoms with Crippen molar-refractivity contribution in [2.75, 3.05) is 27.0 Å². The van der Waals surface area contributed by atoms with Crippen LogP contribution in [0.5, 0.6) is 11.5 Å². The van der Waals surface area contributed by atoms with Crippen LogP contribution in [0.2, 0.25) is 0 Å². The smallest absolute Gasteiger partial charge is 0.319 e. The van der Waals surface area contributed by atoms with Crippen LogP contribution in [-0.2, 0) is 6.54 Å². The van der Waals surface area contributed by atoms with Crippen molar-refractivity contribution in [3.8, 4) is 11.5 Å². The zero-order valence-corrected chi connectivity index (χ0v) is 12.7. The van der Waals surface area contributed by atoms with Crippen molar-refractivity contribution >= 4 is 11.8 Å². The Morgan fingerprint density at radius 3 is 2.24 bits per heavy atom. The van der Waals surface area contributed by atoms with Crippen molar-refractivity contribution in [1.82, 2.24) is 5.32 Å². The predicted octanol–water partition coefficient (Wildman–Crippen LogP) is 3.42. The van der Waals surface area contributed by atoms with Gasteiger partial charge in [0.15, 0.2) is 11.5 Å². The molecular formula is C13H17F4NO2S. The zero-order chi connectivity index (χ0) is 16.0. The molecule has 0 aliphatic heterocycles. The average Bonchev–Trinajstić information content (AvgIpc) is 2.46. The molecule has 0 aliphatic carbocycles. The fourth-order valence-electron chi connectivity index (χ4n) is 1.67. The number of hydrogen-bond acceptors (Lipinski definition) is 4. The van der Waals surface area contributed by atoms with Gasteiger partial charge in [-0.3, -0.25) is 0 Å². The molecule has 1 N–H and O–H groups in total. The molecular weight excluding hydrogens is 310 g/mol. The number of benzene rings is 1. The Kier molecular flexibility index (Phi) is 6.60. The Morgan fingerprint density at radius 2 is 1.76 bits per heavy atom. The predicted molar refractivity (Wildman–Crippen MR) is 74.0 cm³/mol. The second kappa shape index (κ2) is 7.74. The Hall–Kier alpha value is -1.15. The minimum Gasteiger partial charge on any atom is -0.493 e. The number of nitrogens with one attached hydrogen (secondary N) is 1. The molecule has 1 rings (SSSR count). The van der Waals surface area contributed by atoms with Gasteiger partial charge in [0, 0.05) is 11.4 Å². The Bertz CT molecular complexity index is 472. The zero-order valence-electron chi connectivity index (χ0n) is 11.9. The van der Waals surface area contributed by atoms with Crippen LogP contribution in [0.15, 0.2) is 17.0 Å². The van der Waals surface area contributed by atoms with Crippen LogP contribution in [0, 0.1) is 0 Å². The van der Waals surface area contributed by atoms with Gasteiger partial charge in [0.2, 0.25) is 0 Å². The molecule has 0 saturated heterocycles. The van der Waals surface area contributed by atoms with Crippen molar-refractivity contribution in [3.63, 3.8) is 0 Å². The normalized spacial score (nSPS) is 11.8. The molecule has 0 aliphatic rings. The molecule has 1 aromatic rings. The second-order valence-corrected chi connectivity index (χ2v) is 5.03. The standard InChI is InChI=1S/C13H17F4NO2S/c1-19-9-4-8(11(21-3)5-10(9)20-2)6-18-7-13(16,17)12(14)15/h4-5,12,18H,6-7H2,1-3H3. The van der Waals surface area contributed by atoms with Crippen molar-refractivity contribution in [3.05, 3.63) is 17.7 Å². The molecule has 0 bridgehead atoms. The fourth-order valence-corrected chi connectivity index (χ4v) is 2.29. The minimum absolute atomic E-state index is 0.0266. The Labute approximate surface area is 125 Å². The number of halogens is 4. The number of rotatable bonds is 8. The lowest BCUT2D eigenvalue weighted by Gasteiger charge is -2.17. The molecule has 0 amide bonds. The largest absolute Gasteiger partial charge is 0.493 e. The first-order valence-corrected chi connectivity index (χ1v) is 7.23. The molecule has 3 nitrogen and oxygen atoms in total. The molecule has 0 unspecified atom stereocenters. The topological polar surface area (TPSA) is 30.5 Å². The average molecular weight is 327 g/mol. The Balaban J connectivity index is 2.83. The number of ether oxygens (including phenoxy) is 2. The number of thioether (sulfide) groups is 1. The van der Waals surface area contributed by atoms with Gasteiger partial charge < -0.3 is 14.8 Å². The summed E-state index contributed by atoms with van der Waals surface area (Å²) < 4.78 is 60.1. The van der Waals surface area contributed by atoms with Gasteiger partial charge in [0.1, 0.15) is 0 Å². The quantitative estimate of drug-likeness (QED) is 0.585. The van der Waals surface area contributed by atoms with Gasteiger partial charge in [-0.25, -0.2) is 8.78 Å². The lowest BCUT2D eigenvalue weighted by Crippen LogP contribution is -2.38. The van der Waals surface area contributed by atoms with E-state index < -0.39 is 18.9 Å². The highest BCUT2D eigenvalue weighted by Gasteiger charge is 2.40. The molecule has 0 radical (unpaired) electrons. The first-order chi connectivity index (χ1) is 9.85. The Morgan fingerprint density at radius 1 is 1.19 bits per heavy atom. The highest BCUT2D eigenvalue weighted by Crippen LogP contribution is 2.34. The van der Waals surface area contributed by atoms with Crippen molar-refractivity contribution in [1.29, 1.82) is 0 Å². The molecule has 120 valence electrons. The van der Waals surface area contributed by atoms with E-state index in [2.05, 4.69) is 5.32 Å². The monoisotopic (exact) mass is 327 g/mol. The lowest BCUT2D eigenvalue weighted by molar-refractivity contribution is -0.125. The third-order valence-electron chi connectivity index (χ3n) is 2.78. The molecule has 0 spiro atoms. The highest BCUT2D eigenvalue weighted by molar-refractivity contribution is 7.98. The maximum atomic E-state index is 12.8. The molecule has 21 heavy (non-hydrogen) atoms. The summed E-state index contributed by atoms with van der Waals surface area (Å²) >= 11 is 1.40. The molecule has 0 fully saturated rings. The second-order valence-electron chi connectivity index (χ2n) is 4.18. The molecule has 0 atom stereocenters. The van der Waals surface area contributed by atoms with Crippen LogP contribution < -0.4 is 14.8 Å². The van der Waals surface area contributed by atoms with Gasteiger partial charge >= 0.3 is 12.3 Å². The van der Waals surface area contributed by atoms with Gasteiger partial charge in [-0.2, -0.15) is 8.78 Å². The summed E-state index contributed by atoms with van der Waals surface area (Å²) in [4.78, 5) is 0.792. The maximum absolute atomic E-state index is 12.8.